The summed E-state index contributed by atoms with van der Waals surface area (Å²) in [6.45, 7) is 5.50. The van der Waals surface area contributed by atoms with E-state index in [0.29, 0.717) is 10.2 Å². The summed E-state index contributed by atoms with van der Waals surface area (Å²) in [6.07, 6.45) is 1.68. The summed E-state index contributed by atoms with van der Waals surface area (Å²) in [4.78, 5) is 32.4. The second-order valence-corrected chi connectivity index (χ2v) is 6.40. The van der Waals surface area contributed by atoms with E-state index in [2.05, 4.69) is 9.97 Å². The maximum atomic E-state index is 12.5. The Morgan fingerprint density at radius 1 is 1.32 bits per heavy atom. The van der Waals surface area contributed by atoms with Gasteiger partial charge in [0.05, 0.1) is 5.52 Å². The number of aromatic amines is 1. The summed E-state index contributed by atoms with van der Waals surface area (Å²) in [5, 5.41) is 0.817. The van der Waals surface area contributed by atoms with Crippen LogP contribution in [0.2, 0.25) is 0 Å². The molecule has 6 heteroatoms. The topological polar surface area (TPSA) is 67.8 Å². The molecule has 5 nitrogen and oxygen atoms in total. The zero-order valence-corrected chi connectivity index (χ0v) is 11.7. The van der Waals surface area contributed by atoms with E-state index >= 15 is 0 Å². The minimum absolute atomic E-state index is 0.255. The van der Waals surface area contributed by atoms with Gasteiger partial charge in [-0.15, -0.1) is 11.3 Å². The van der Waals surface area contributed by atoms with Gasteiger partial charge in [0.25, 0.3) is 5.56 Å². The number of nitrogens with one attached hydrogen (secondary N) is 1. The highest BCUT2D eigenvalue weighted by molar-refractivity contribution is 7.25. The summed E-state index contributed by atoms with van der Waals surface area (Å²) < 4.78 is 1.80. The van der Waals surface area contributed by atoms with Gasteiger partial charge in [0.1, 0.15) is 9.53 Å². The van der Waals surface area contributed by atoms with E-state index in [-0.39, 0.29) is 11.2 Å². The van der Waals surface area contributed by atoms with Crippen LogP contribution in [0, 0.1) is 0 Å². The first-order valence-corrected chi connectivity index (χ1v) is 6.74. The largest absolute Gasteiger partial charge is 0.329 e. The van der Waals surface area contributed by atoms with E-state index in [9.17, 15) is 9.59 Å². The normalized spacial score (nSPS) is 12.4. The third-order valence-electron chi connectivity index (χ3n) is 2.97. The highest BCUT2D eigenvalue weighted by Gasteiger charge is 2.21. The van der Waals surface area contributed by atoms with Crippen molar-refractivity contribution in [3.63, 3.8) is 0 Å². The SMILES string of the molecule is CC(C)(C)n1c(=O)[nH]c2c(sc3ncccc32)c1=O. The summed E-state index contributed by atoms with van der Waals surface area (Å²) in [7, 11) is 0. The molecule has 0 unspecified atom stereocenters. The zero-order chi connectivity index (χ0) is 13.8. The van der Waals surface area contributed by atoms with Crippen molar-refractivity contribution < 1.29 is 0 Å². The molecule has 0 aliphatic carbocycles. The molecule has 0 aliphatic heterocycles. The van der Waals surface area contributed by atoms with Gasteiger partial charge in [0.2, 0.25) is 0 Å². The monoisotopic (exact) mass is 275 g/mol. The van der Waals surface area contributed by atoms with Gasteiger partial charge in [-0.2, -0.15) is 0 Å². The molecule has 98 valence electrons. The summed E-state index contributed by atoms with van der Waals surface area (Å²) >= 11 is 1.31. The first-order valence-electron chi connectivity index (χ1n) is 5.92. The Bertz CT molecular complexity index is 896. The van der Waals surface area contributed by atoms with E-state index in [0.717, 1.165) is 10.2 Å². The smallest absolute Gasteiger partial charge is 0.305 e. The number of aromatic nitrogens is 3. The second-order valence-electron chi connectivity index (χ2n) is 5.40. The van der Waals surface area contributed by atoms with E-state index in [1.807, 2.05) is 26.8 Å². The van der Waals surface area contributed by atoms with Crippen LogP contribution < -0.4 is 11.2 Å². The fourth-order valence-electron chi connectivity index (χ4n) is 2.17. The van der Waals surface area contributed by atoms with Crippen molar-refractivity contribution in [1.29, 1.82) is 0 Å². The zero-order valence-electron chi connectivity index (χ0n) is 10.9. The minimum atomic E-state index is -0.553. The fourth-order valence-corrected chi connectivity index (χ4v) is 3.20. The molecule has 3 aromatic heterocycles. The average Bonchev–Trinajstić information content (AvgIpc) is 2.67. The van der Waals surface area contributed by atoms with E-state index < -0.39 is 5.54 Å². The Balaban J connectivity index is 2.57. The third kappa shape index (κ3) is 1.71. The molecule has 3 aromatic rings. The van der Waals surface area contributed by atoms with Gasteiger partial charge in [-0.3, -0.25) is 9.36 Å². The Kier molecular flexibility index (Phi) is 2.40. The van der Waals surface area contributed by atoms with Crippen molar-refractivity contribution in [1.82, 2.24) is 14.5 Å². The lowest BCUT2D eigenvalue weighted by Crippen LogP contribution is -2.44. The van der Waals surface area contributed by atoms with Crippen molar-refractivity contribution >= 4 is 31.8 Å². The molecule has 0 fully saturated rings. The first-order chi connectivity index (χ1) is 8.89. The lowest BCUT2D eigenvalue weighted by atomic mass is 10.1. The molecule has 19 heavy (non-hydrogen) atoms. The van der Waals surface area contributed by atoms with Crippen molar-refractivity contribution in [2.45, 2.75) is 26.3 Å². The molecule has 0 saturated heterocycles. The molecule has 0 saturated carbocycles. The van der Waals surface area contributed by atoms with Crippen LogP contribution in [-0.4, -0.2) is 14.5 Å². The predicted octanol–water partition coefficient (Wildman–Crippen LogP) is 2.05. The van der Waals surface area contributed by atoms with Gasteiger partial charge in [-0.1, -0.05) is 0 Å². The fraction of sp³-hybridized carbons (Fsp3) is 0.308. The molecule has 0 aliphatic rings. The number of hydrogen-bond acceptors (Lipinski definition) is 4. The number of H-pyrrole nitrogens is 1. The van der Waals surface area contributed by atoms with Crippen LogP contribution in [0.5, 0.6) is 0 Å². The van der Waals surface area contributed by atoms with Gasteiger partial charge in [-0.05, 0) is 32.9 Å². The van der Waals surface area contributed by atoms with Gasteiger partial charge in [-0.25, -0.2) is 9.78 Å². The van der Waals surface area contributed by atoms with Crippen molar-refractivity contribution in [3.05, 3.63) is 39.2 Å². The maximum Gasteiger partial charge on any atom is 0.329 e. The van der Waals surface area contributed by atoms with Crippen molar-refractivity contribution in [2.75, 3.05) is 0 Å². The summed E-state index contributed by atoms with van der Waals surface area (Å²) in [5.41, 5.74) is -0.603. The van der Waals surface area contributed by atoms with Crippen LogP contribution in [0.1, 0.15) is 20.8 Å². The van der Waals surface area contributed by atoms with Crippen molar-refractivity contribution in [3.8, 4) is 0 Å². The third-order valence-corrected chi connectivity index (χ3v) is 4.07. The lowest BCUT2D eigenvalue weighted by molar-refractivity contribution is 0.370. The number of nitrogens with zero attached hydrogens (tertiary/aromatic N) is 2. The molecule has 0 aromatic carbocycles. The highest BCUT2D eigenvalue weighted by Crippen LogP contribution is 2.27. The second kappa shape index (κ2) is 3.77. The number of thiophene rings is 1. The highest BCUT2D eigenvalue weighted by atomic mass is 32.1. The molecule has 3 rings (SSSR count). The maximum absolute atomic E-state index is 12.5. The molecular formula is C13H13N3O2S. The Morgan fingerprint density at radius 2 is 2.05 bits per heavy atom. The lowest BCUT2D eigenvalue weighted by Gasteiger charge is -2.20. The van der Waals surface area contributed by atoms with Gasteiger partial charge in [0.15, 0.2) is 0 Å². The van der Waals surface area contributed by atoms with Crippen LogP contribution in [-0.2, 0) is 5.54 Å². The van der Waals surface area contributed by atoms with E-state index in [1.54, 1.807) is 12.3 Å². The Hall–Kier alpha value is -1.95. The quantitative estimate of drug-likeness (QED) is 0.682. The average molecular weight is 275 g/mol. The van der Waals surface area contributed by atoms with E-state index in [1.165, 1.54) is 15.9 Å². The molecule has 0 radical (unpaired) electrons. The van der Waals surface area contributed by atoms with Gasteiger partial charge >= 0.3 is 5.69 Å². The van der Waals surface area contributed by atoms with Crippen LogP contribution in [0.15, 0.2) is 27.9 Å². The summed E-state index contributed by atoms with van der Waals surface area (Å²) in [5.74, 6) is 0. The summed E-state index contributed by atoms with van der Waals surface area (Å²) in [6, 6.07) is 3.65. The molecule has 0 atom stereocenters. The van der Waals surface area contributed by atoms with Crippen LogP contribution in [0.25, 0.3) is 20.4 Å². The molecule has 1 N–H and O–H groups in total. The van der Waals surface area contributed by atoms with Crippen molar-refractivity contribution in [2.24, 2.45) is 0 Å². The molecule has 0 bridgehead atoms. The molecule has 0 amide bonds. The molecular weight excluding hydrogens is 262 g/mol. The number of rotatable bonds is 0. The minimum Gasteiger partial charge on any atom is -0.305 e. The predicted molar refractivity (Wildman–Crippen MR) is 77.0 cm³/mol. The van der Waals surface area contributed by atoms with Gasteiger partial charge < -0.3 is 4.98 Å². The Morgan fingerprint density at radius 3 is 2.74 bits per heavy atom. The number of fused-ring (bicyclic) bond motifs is 3. The van der Waals surface area contributed by atoms with Crippen LogP contribution in [0.4, 0.5) is 0 Å². The number of hydrogen-bond donors (Lipinski definition) is 1. The van der Waals surface area contributed by atoms with Crippen LogP contribution >= 0.6 is 11.3 Å². The Labute approximate surface area is 112 Å². The number of pyridine rings is 1. The van der Waals surface area contributed by atoms with Crippen LogP contribution in [0.3, 0.4) is 0 Å². The van der Waals surface area contributed by atoms with Gasteiger partial charge in [0, 0.05) is 17.1 Å². The standard InChI is InChI=1S/C13H13N3O2S/c1-13(2,3)16-11(17)9-8(15-12(16)18)7-5-4-6-14-10(7)19-9/h4-6H,1-3H3,(H,15,18). The molecule has 3 heterocycles. The van der Waals surface area contributed by atoms with E-state index in [4.69, 9.17) is 0 Å². The first kappa shape index (κ1) is 12.1. The molecule has 0 spiro atoms.